The van der Waals surface area contributed by atoms with Gasteiger partial charge in [0.1, 0.15) is 3.42 Å². The van der Waals surface area contributed by atoms with E-state index in [1.807, 2.05) is 13.8 Å². The summed E-state index contributed by atoms with van der Waals surface area (Å²) >= 11 is 2.07. The fourth-order valence-corrected chi connectivity index (χ4v) is 4.34. The molecular weight excluding hydrogens is 436 g/mol. The Morgan fingerprint density at radius 1 is 1.21 bits per heavy atom. The van der Waals surface area contributed by atoms with Gasteiger partial charge < -0.3 is 9.84 Å². The molecule has 2 saturated carbocycles. The average molecular weight is 462 g/mol. The summed E-state index contributed by atoms with van der Waals surface area (Å²) in [5, 5.41) is 9.77. The van der Waals surface area contributed by atoms with Gasteiger partial charge in [0, 0.05) is 0 Å². The van der Waals surface area contributed by atoms with E-state index in [9.17, 15) is 23.1 Å². The van der Waals surface area contributed by atoms with Crippen molar-refractivity contribution >= 4 is 28.6 Å². The third kappa shape index (κ3) is 4.19. The van der Waals surface area contributed by atoms with Crippen LogP contribution < -0.4 is 0 Å². The molecule has 0 aromatic rings. The summed E-state index contributed by atoms with van der Waals surface area (Å²) in [5.41, 5.74) is -2.65. The van der Waals surface area contributed by atoms with E-state index < -0.39 is 15.2 Å². The summed E-state index contributed by atoms with van der Waals surface area (Å²) in [6.07, 6.45) is -1.68. The van der Waals surface area contributed by atoms with Crippen molar-refractivity contribution in [3.05, 3.63) is 0 Å². The second-order valence-electron chi connectivity index (χ2n) is 7.88. The molecular formula is C17H26F3IO3. The minimum Gasteiger partial charge on any atom is -0.464 e. The first kappa shape index (κ1) is 20.3. The van der Waals surface area contributed by atoms with Gasteiger partial charge in [-0.3, -0.25) is 4.79 Å². The van der Waals surface area contributed by atoms with Crippen molar-refractivity contribution in [2.45, 2.75) is 68.1 Å². The van der Waals surface area contributed by atoms with Crippen LogP contribution in [-0.4, -0.2) is 32.9 Å². The highest BCUT2D eigenvalue weighted by atomic mass is 127. The summed E-state index contributed by atoms with van der Waals surface area (Å²) in [6, 6.07) is 0. The topological polar surface area (TPSA) is 46.5 Å². The Morgan fingerprint density at radius 2 is 1.79 bits per heavy atom. The molecule has 2 bridgehead atoms. The maximum atomic E-state index is 12.9. The van der Waals surface area contributed by atoms with Gasteiger partial charge in [0.15, 0.2) is 5.60 Å². The molecule has 0 spiro atoms. The normalized spacial score (nSPS) is 34.7. The SMILES string of the molecule is CCC(C)(I)C(=O)OCC1CC2CC(CC(C)(O)C(F)(F)F)C1C2. The van der Waals surface area contributed by atoms with Crippen LogP contribution in [0.15, 0.2) is 0 Å². The van der Waals surface area contributed by atoms with Gasteiger partial charge >= 0.3 is 12.1 Å². The smallest absolute Gasteiger partial charge is 0.416 e. The molecule has 24 heavy (non-hydrogen) atoms. The fraction of sp³-hybridized carbons (Fsp3) is 0.941. The highest BCUT2D eigenvalue weighted by Crippen LogP contribution is 2.55. The molecule has 2 aliphatic rings. The molecule has 0 aliphatic heterocycles. The number of fused-ring (bicyclic) bond motifs is 2. The van der Waals surface area contributed by atoms with Crippen LogP contribution in [0.5, 0.6) is 0 Å². The van der Waals surface area contributed by atoms with Crippen LogP contribution in [0.2, 0.25) is 0 Å². The highest BCUT2D eigenvalue weighted by Gasteiger charge is 2.55. The van der Waals surface area contributed by atoms with E-state index in [2.05, 4.69) is 22.6 Å². The number of carbonyl (C=O) groups is 1. The predicted octanol–water partition coefficient (Wildman–Crippen LogP) is 4.50. The molecule has 0 aromatic heterocycles. The van der Waals surface area contributed by atoms with Crippen LogP contribution >= 0.6 is 22.6 Å². The summed E-state index contributed by atoms with van der Waals surface area (Å²) in [5.74, 6) is 0.211. The number of halogens is 4. The zero-order valence-corrected chi connectivity index (χ0v) is 16.5. The van der Waals surface area contributed by atoms with Crippen molar-refractivity contribution in [1.29, 1.82) is 0 Å². The average Bonchev–Trinajstić information content (AvgIpc) is 3.02. The Morgan fingerprint density at radius 3 is 2.29 bits per heavy atom. The zero-order valence-electron chi connectivity index (χ0n) is 14.3. The van der Waals surface area contributed by atoms with Gasteiger partial charge in [0.2, 0.25) is 0 Å². The molecule has 140 valence electrons. The first-order chi connectivity index (χ1) is 10.9. The molecule has 3 nitrogen and oxygen atoms in total. The van der Waals surface area contributed by atoms with Gasteiger partial charge in [-0.2, -0.15) is 13.2 Å². The largest absolute Gasteiger partial charge is 0.464 e. The fourth-order valence-electron chi connectivity index (χ4n) is 4.18. The van der Waals surface area contributed by atoms with Gasteiger partial charge in [-0.1, -0.05) is 29.5 Å². The molecule has 2 aliphatic carbocycles. The van der Waals surface area contributed by atoms with E-state index in [0.717, 1.165) is 26.2 Å². The highest BCUT2D eigenvalue weighted by molar-refractivity contribution is 14.1. The van der Waals surface area contributed by atoms with Crippen LogP contribution in [0.3, 0.4) is 0 Å². The number of rotatable bonds is 6. The Kier molecular flexibility index (Phi) is 5.85. The van der Waals surface area contributed by atoms with E-state index in [1.165, 1.54) is 0 Å². The lowest BCUT2D eigenvalue weighted by Gasteiger charge is -2.35. The quantitative estimate of drug-likeness (QED) is 0.359. The molecule has 6 unspecified atom stereocenters. The molecule has 2 rings (SSSR count). The summed E-state index contributed by atoms with van der Waals surface area (Å²) in [6.45, 7) is 4.88. The first-order valence-corrected chi connectivity index (χ1v) is 9.60. The first-order valence-electron chi connectivity index (χ1n) is 8.52. The maximum Gasteiger partial charge on any atom is 0.416 e. The number of carbonyl (C=O) groups excluding carboxylic acids is 1. The number of alkyl halides is 4. The van der Waals surface area contributed by atoms with E-state index in [0.29, 0.717) is 12.3 Å². The van der Waals surface area contributed by atoms with E-state index >= 15 is 0 Å². The molecule has 0 saturated heterocycles. The summed E-state index contributed by atoms with van der Waals surface area (Å²) in [7, 11) is 0. The lowest BCUT2D eigenvalue weighted by molar-refractivity contribution is -0.260. The monoisotopic (exact) mass is 462 g/mol. The van der Waals surface area contributed by atoms with Gasteiger partial charge in [0.25, 0.3) is 0 Å². The molecule has 0 aromatic carbocycles. The van der Waals surface area contributed by atoms with E-state index in [-0.39, 0.29) is 36.8 Å². The van der Waals surface area contributed by atoms with E-state index in [1.54, 1.807) is 0 Å². The molecule has 0 heterocycles. The number of ether oxygens (including phenoxy) is 1. The molecule has 7 heteroatoms. The Hall–Kier alpha value is -0.0500. The van der Waals surface area contributed by atoms with E-state index in [4.69, 9.17) is 4.74 Å². The van der Waals surface area contributed by atoms with Gasteiger partial charge in [-0.05, 0) is 69.6 Å². The molecule has 6 atom stereocenters. The molecule has 0 radical (unpaired) electrons. The number of hydrogen-bond donors (Lipinski definition) is 1. The Balaban J connectivity index is 1.93. The third-order valence-electron chi connectivity index (χ3n) is 5.88. The van der Waals surface area contributed by atoms with Gasteiger partial charge in [-0.15, -0.1) is 0 Å². The molecule has 0 amide bonds. The summed E-state index contributed by atoms with van der Waals surface area (Å²) < 4.78 is 43.7. The number of aliphatic hydroxyl groups is 1. The zero-order chi connectivity index (χ0) is 18.3. The minimum absolute atomic E-state index is 0.110. The second-order valence-corrected chi connectivity index (χ2v) is 10.3. The van der Waals surface area contributed by atoms with Crippen molar-refractivity contribution < 1.29 is 27.8 Å². The lowest BCUT2D eigenvalue weighted by atomic mass is 9.75. The van der Waals surface area contributed by atoms with Crippen molar-refractivity contribution in [2.24, 2.45) is 23.7 Å². The van der Waals surface area contributed by atoms with Crippen LogP contribution in [0, 0.1) is 23.7 Å². The Bertz CT molecular complexity index is 476. The number of esters is 1. The van der Waals surface area contributed by atoms with Gasteiger partial charge in [-0.25, -0.2) is 0 Å². The van der Waals surface area contributed by atoms with Crippen LogP contribution in [-0.2, 0) is 9.53 Å². The van der Waals surface area contributed by atoms with Crippen molar-refractivity contribution in [3.63, 3.8) is 0 Å². The summed E-state index contributed by atoms with van der Waals surface area (Å²) in [4.78, 5) is 12.1. The Labute approximate surface area is 154 Å². The van der Waals surface area contributed by atoms with Crippen LogP contribution in [0.4, 0.5) is 13.2 Å². The minimum atomic E-state index is -4.61. The lowest BCUT2D eigenvalue weighted by Crippen LogP contribution is -2.45. The molecule has 2 fully saturated rings. The van der Waals surface area contributed by atoms with Crippen molar-refractivity contribution in [1.82, 2.24) is 0 Å². The van der Waals surface area contributed by atoms with Crippen LogP contribution in [0.25, 0.3) is 0 Å². The second kappa shape index (κ2) is 6.93. The number of hydrogen-bond acceptors (Lipinski definition) is 3. The third-order valence-corrected chi connectivity index (χ3v) is 7.08. The maximum absolute atomic E-state index is 12.9. The van der Waals surface area contributed by atoms with Crippen molar-refractivity contribution in [3.8, 4) is 0 Å². The van der Waals surface area contributed by atoms with Crippen molar-refractivity contribution in [2.75, 3.05) is 6.61 Å². The van der Waals surface area contributed by atoms with Crippen LogP contribution in [0.1, 0.15) is 52.9 Å². The van der Waals surface area contributed by atoms with Gasteiger partial charge in [0.05, 0.1) is 6.61 Å². The molecule has 1 N–H and O–H groups in total. The predicted molar refractivity (Wildman–Crippen MR) is 92.8 cm³/mol. The standard InChI is InChI=1S/C17H26F3IO3/c1-4-15(2,21)14(22)24-9-12-6-10-5-11(13(12)7-10)8-16(3,23)17(18,19)20/h10-13,23H,4-9H2,1-3H3.